The number of H-pyrrole nitrogens is 1. The molecule has 0 radical (unpaired) electrons. The molecule has 23 heavy (non-hydrogen) atoms. The van der Waals surface area contributed by atoms with Gasteiger partial charge in [0.05, 0.1) is 5.39 Å². The normalized spacial score (nSPS) is 18.0. The van der Waals surface area contributed by atoms with E-state index in [9.17, 15) is 0 Å². The van der Waals surface area contributed by atoms with Crippen molar-refractivity contribution in [2.45, 2.75) is 25.9 Å². The topological polar surface area (TPSA) is 56.8 Å². The van der Waals surface area contributed by atoms with Crippen molar-refractivity contribution >= 4 is 16.9 Å². The predicted molar refractivity (Wildman–Crippen MR) is 92.5 cm³/mol. The molecule has 0 aliphatic carbocycles. The van der Waals surface area contributed by atoms with Gasteiger partial charge in [-0.3, -0.25) is 0 Å². The van der Waals surface area contributed by atoms with Crippen LogP contribution in [0.2, 0.25) is 0 Å². The van der Waals surface area contributed by atoms with Crippen molar-refractivity contribution < 1.29 is 0 Å². The lowest BCUT2D eigenvalue weighted by atomic mass is 10.2. The van der Waals surface area contributed by atoms with E-state index < -0.39 is 0 Å². The molecule has 1 aliphatic rings. The van der Waals surface area contributed by atoms with Crippen LogP contribution in [-0.4, -0.2) is 34.1 Å². The standard InChI is InChI=1S/C18H21N5/c1-13-9-20-17-16(13)18(22-12-21-17)23-8-7-15(11-23)19-10-14-5-3-2-4-6-14/h2-6,9,12,15,19H,7-8,10-11H2,1H3,(H,20,21,22)/t15-/m1/s1. The van der Waals surface area contributed by atoms with E-state index in [1.54, 1.807) is 6.33 Å². The summed E-state index contributed by atoms with van der Waals surface area (Å²) in [5, 5.41) is 4.81. The maximum atomic E-state index is 4.54. The van der Waals surface area contributed by atoms with E-state index >= 15 is 0 Å². The van der Waals surface area contributed by atoms with Crippen LogP contribution < -0.4 is 10.2 Å². The summed E-state index contributed by atoms with van der Waals surface area (Å²) in [6.45, 7) is 5.04. The summed E-state index contributed by atoms with van der Waals surface area (Å²) >= 11 is 0. The third-order valence-electron chi connectivity index (χ3n) is 4.57. The van der Waals surface area contributed by atoms with E-state index in [0.29, 0.717) is 6.04 Å². The predicted octanol–water partition coefficient (Wildman–Crippen LogP) is 2.63. The summed E-state index contributed by atoms with van der Waals surface area (Å²) < 4.78 is 0. The Kier molecular flexibility index (Phi) is 3.71. The second-order valence-electron chi connectivity index (χ2n) is 6.19. The monoisotopic (exact) mass is 307 g/mol. The smallest absolute Gasteiger partial charge is 0.143 e. The molecule has 5 nitrogen and oxygen atoms in total. The van der Waals surface area contributed by atoms with Gasteiger partial charge in [0.1, 0.15) is 17.8 Å². The molecule has 3 heterocycles. The van der Waals surface area contributed by atoms with Crippen molar-refractivity contribution in [1.29, 1.82) is 0 Å². The Balaban J connectivity index is 1.46. The molecule has 1 aliphatic heterocycles. The fourth-order valence-corrected chi connectivity index (χ4v) is 3.31. The van der Waals surface area contributed by atoms with E-state index in [2.05, 4.69) is 62.4 Å². The highest BCUT2D eigenvalue weighted by Gasteiger charge is 2.25. The maximum Gasteiger partial charge on any atom is 0.143 e. The summed E-state index contributed by atoms with van der Waals surface area (Å²) in [4.78, 5) is 14.4. The second-order valence-corrected chi connectivity index (χ2v) is 6.19. The number of nitrogens with zero attached hydrogens (tertiary/aromatic N) is 3. The van der Waals surface area contributed by atoms with Gasteiger partial charge in [-0.05, 0) is 24.5 Å². The quantitative estimate of drug-likeness (QED) is 0.778. The summed E-state index contributed by atoms with van der Waals surface area (Å²) in [5.41, 5.74) is 3.46. The number of aromatic amines is 1. The summed E-state index contributed by atoms with van der Waals surface area (Å²) in [6, 6.07) is 11.1. The number of aryl methyl sites for hydroxylation is 1. The molecule has 5 heteroatoms. The first-order chi connectivity index (χ1) is 11.3. The van der Waals surface area contributed by atoms with E-state index in [1.807, 2.05) is 6.20 Å². The van der Waals surface area contributed by atoms with Gasteiger partial charge in [-0.2, -0.15) is 0 Å². The Bertz CT molecular complexity index is 796. The Morgan fingerprint density at radius 3 is 3.00 bits per heavy atom. The summed E-state index contributed by atoms with van der Waals surface area (Å²) in [6.07, 6.45) is 4.80. The molecule has 0 saturated carbocycles. The zero-order chi connectivity index (χ0) is 15.6. The van der Waals surface area contributed by atoms with Gasteiger partial charge >= 0.3 is 0 Å². The van der Waals surface area contributed by atoms with Gasteiger partial charge in [-0.15, -0.1) is 0 Å². The third kappa shape index (κ3) is 2.80. The molecule has 3 aromatic rings. The van der Waals surface area contributed by atoms with E-state index in [4.69, 9.17) is 0 Å². The number of aromatic nitrogens is 3. The minimum absolute atomic E-state index is 0.500. The zero-order valence-corrected chi connectivity index (χ0v) is 13.3. The number of nitrogens with one attached hydrogen (secondary N) is 2. The highest BCUT2D eigenvalue weighted by atomic mass is 15.2. The van der Waals surface area contributed by atoms with Crippen LogP contribution in [0.25, 0.3) is 11.0 Å². The largest absolute Gasteiger partial charge is 0.354 e. The Morgan fingerprint density at radius 1 is 1.26 bits per heavy atom. The number of anilines is 1. The molecule has 1 fully saturated rings. The van der Waals surface area contributed by atoms with Gasteiger partial charge in [0.2, 0.25) is 0 Å². The van der Waals surface area contributed by atoms with Crippen molar-refractivity contribution in [2.24, 2.45) is 0 Å². The van der Waals surface area contributed by atoms with E-state index in [0.717, 1.165) is 42.9 Å². The molecule has 0 bridgehead atoms. The van der Waals surface area contributed by atoms with Crippen LogP contribution in [0.5, 0.6) is 0 Å². The maximum absolute atomic E-state index is 4.54. The zero-order valence-electron chi connectivity index (χ0n) is 13.3. The first-order valence-corrected chi connectivity index (χ1v) is 8.12. The Hall–Kier alpha value is -2.40. The summed E-state index contributed by atoms with van der Waals surface area (Å²) in [7, 11) is 0. The SMILES string of the molecule is Cc1c[nH]c2ncnc(N3CC[C@@H](NCc4ccccc4)C3)c12. The molecule has 0 amide bonds. The van der Waals surface area contributed by atoms with Gasteiger partial charge in [0.25, 0.3) is 0 Å². The fraction of sp³-hybridized carbons (Fsp3) is 0.333. The first kappa shape index (κ1) is 14.2. The highest BCUT2D eigenvalue weighted by molar-refractivity contribution is 5.90. The lowest BCUT2D eigenvalue weighted by Gasteiger charge is -2.19. The van der Waals surface area contributed by atoms with Crippen molar-refractivity contribution in [3.8, 4) is 0 Å². The van der Waals surface area contributed by atoms with E-state index in [1.165, 1.54) is 11.1 Å². The number of hydrogen-bond donors (Lipinski definition) is 2. The van der Waals surface area contributed by atoms with Crippen LogP contribution in [0.4, 0.5) is 5.82 Å². The minimum Gasteiger partial charge on any atom is -0.354 e. The fourth-order valence-electron chi connectivity index (χ4n) is 3.31. The van der Waals surface area contributed by atoms with Crippen molar-refractivity contribution in [2.75, 3.05) is 18.0 Å². The Labute approximate surface area is 135 Å². The van der Waals surface area contributed by atoms with Crippen molar-refractivity contribution in [1.82, 2.24) is 20.3 Å². The number of hydrogen-bond acceptors (Lipinski definition) is 4. The van der Waals surface area contributed by atoms with Gasteiger partial charge in [-0.1, -0.05) is 30.3 Å². The highest BCUT2D eigenvalue weighted by Crippen LogP contribution is 2.28. The number of benzene rings is 1. The molecule has 1 aromatic carbocycles. The second kappa shape index (κ2) is 6.01. The third-order valence-corrected chi connectivity index (χ3v) is 4.57. The molecule has 4 rings (SSSR count). The molecule has 118 valence electrons. The molecular weight excluding hydrogens is 286 g/mol. The lowest BCUT2D eigenvalue weighted by Crippen LogP contribution is -2.32. The van der Waals surface area contributed by atoms with Gasteiger partial charge in [0, 0.05) is 31.9 Å². The molecule has 0 spiro atoms. The van der Waals surface area contributed by atoms with Gasteiger partial charge in [-0.25, -0.2) is 9.97 Å². The van der Waals surface area contributed by atoms with Crippen LogP contribution in [0.1, 0.15) is 17.5 Å². The number of fused-ring (bicyclic) bond motifs is 1. The molecule has 0 unspecified atom stereocenters. The average molecular weight is 307 g/mol. The van der Waals surface area contributed by atoms with Crippen LogP contribution in [0.15, 0.2) is 42.9 Å². The molecular formula is C18H21N5. The van der Waals surface area contributed by atoms with Gasteiger partial charge < -0.3 is 15.2 Å². The van der Waals surface area contributed by atoms with E-state index in [-0.39, 0.29) is 0 Å². The Morgan fingerprint density at radius 2 is 2.13 bits per heavy atom. The minimum atomic E-state index is 0.500. The van der Waals surface area contributed by atoms with Crippen molar-refractivity contribution in [3.63, 3.8) is 0 Å². The number of rotatable bonds is 4. The molecule has 1 atom stereocenters. The molecule has 2 aromatic heterocycles. The van der Waals surface area contributed by atoms with Crippen molar-refractivity contribution in [3.05, 3.63) is 54.0 Å². The summed E-state index contributed by atoms with van der Waals surface area (Å²) in [5.74, 6) is 1.05. The van der Waals surface area contributed by atoms with Crippen LogP contribution >= 0.6 is 0 Å². The van der Waals surface area contributed by atoms with Crippen LogP contribution in [0, 0.1) is 6.92 Å². The lowest BCUT2D eigenvalue weighted by molar-refractivity contribution is 0.551. The molecule has 2 N–H and O–H groups in total. The average Bonchev–Trinajstić information content (AvgIpc) is 3.21. The van der Waals surface area contributed by atoms with Gasteiger partial charge in [0.15, 0.2) is 0 Å². The van der Waals surface area contributed by atoms with Crippen LogP contribution in [0.3, 0.4) is 0 Å². The van der Waals surface area contributed by atoms with Crippen LogP contribution in [-0.2, 0) is 6.54 Å². The molecule has 1 saturated heterocycles. The first-order valence-electron chi connectivity index (χ1n) is 8.12.